The lowest BCUT2D eigenvalue weighted by atomic mass is 9.94. The Labute approximate surface area is 115 Å². The number of hydrogen-bond donors (Lipinski definition) is 1. The fourth-order valence-electron chi connectivity index (χ4n) is 3.66. The standard InChI is InChI=1S/C17H24N2/c1-13-12-19(17-10-6-5-8-15(13)17)16-9-4-2-3-7-14(16)11-18/h5-6,8,10,12,14,16H,2-4,7,9,11,18H2,1H3. The predicted octanol–water partition coefficient (Wildman–Crippen LogP) is 4.03. The summed E-state index contributed by atoms with van der Waals surface area (Å²) >= 11 is 0. The van der Waals surface area contributed by atoms with E-state index in [1.807, 2.05) is 0 Å². The van der Waals surface area contributed by atoms with Crippen LogP contribution in [0.1, 0.15) is 43.7 Å². The van der Waals surface area contributed by atoms with Crippen molar-refractivity contribution in [1.82, 2.24) is 4.57 Å². The van der Waals surface area contributed by atoms with Crippen molar-refractivity contribution < 1.29 is 0 Å². The highest BCUT2D eigenvalue weighted by Gasteiger charge is 2.25. The van der Waals surface area contributed by atoms with Gasteiger partial charge in [-0.25, -0.2) is 0 Å². The molecule has 2 aromatic rings. The van der Waals surface area contributed by atoms with Crippen molar-refractivity contribution in [3.8, 4) is 0 Å². The fraction of sp³-hybridized carbons (Fsp3) is 0.529. The van der Waals surface area contributed by atoms with Crippen LogP contribution in [0, 0.1) is 12.8 Å². The van der Waals surface area contributed by atoms with Crippen LogP contribution in [-0.4, -0.2) is 11.1 Å². The average Bonchev–Trinajstić information content (AvgIpc) is 2.64. The third-order valence-corrected chi connectivity index (χ3v) is 4.72. The second-order valence-electron chi connectivity index (χ2n) is 5.94. The molecule has 1 aromatic heterocycles. The van der Waals surface area contributed by atoms with Crippen molar-refractivity contribution in [2.75, 3.05) is 6.54 Å². The summed E-state index contributed by atoms with van der Waals surface area (Å²) < 4.78 is 2.51. The Hall–Kier alpha value is -1.28. The monoisotopic (exact) mass is 256 g/mol. The number of aryl methyl sites for hydroxylation is 1. The van der Waals surface area contributed by atoms with E-state index >= 15 is 0 Å². The molecule has 3 rings (SSSR count). The van der Waals surface area contributed by atoms with Crippen LogP contribution < -0.4 is 5.73 Å². The minimum absolute atomic E-state index is 0.589. The van der Waals surface area contributed by atoms with Gasteiger partial charge in [0, 0.05) is 23.1 Å². The van der Waals surface area contributed by atoms with Gasteiger partial charge in [0.15, 0.2) is 0 Å². The Morgan fingerprint density at radius 3 is 2.79 bits per heavy atom. The Bertz CT molecular complexity index is 555. The van der Waals surface area contributed by atoms with Crippen LogP contribution in [-0.2, 0) is 0 Å². The van der Waals surface area contributed by atoms with Crippen molar-refractivity contribution >= 4 is 10.9 Å². The lowest BCUT2D eigenvalue weighted by Gasteiger charge is -2.26. The van der Waals surface area contributed by atoms with E-state index in [1.54, 1.807) is 0 Å². The molecular formula is C17H24N2. The highest BCUT2D eigenvalue weighted by molar-refractivity contribution is 5.83. The van der Waals surface area contributed by atoms with Crippen LogP contribution in [0.15, 0.2) is 30.5 Å². The lowest BCUT2D eigenvalue weighted by molar-refractivity contribution is 0.324. The molecule has 2 nitrogen and oxygen atoms in total. The summed E-state index contributed by atoms with van der Waals surface area (Å²) in [5.41, 5.74) is 8.80. The molecule has 0 bridgehead atoms. The number of benzene rings is 1. The zero-order valence-corrected chi connectivity index (χ0v) is 11.8. The predicted molar refractivity (Wildman–Crippen MR) is 81.3 cm³/mol. The maximum absolute atomic E-state index is 6.04. The minimum Gasteiger partial charge on any atom is -0.344 e. The summed E-state index contributed by atoms with van der Waals surface area (Å²) in [5, 5.41) is 1.39. The van der Waals surface area contributed by atoms with Crippen molar-refractivity contribution in [2.24, 2.45) is 11.7 Å². The molecule has 1 aromatic carbocycles. The molecule has 2 atom stereocenters. The SMILES string of the molecule is Cc1cn(C2CCCCCC2CN)c2ccccc12. The number of hydrogen-bond acceptors (Lipinski definition) is 1. The van der Waals surface area contributed by atoms with Crippen LogP contribution >= 0.6 is 0 Å². The van der Waals surface area contributed by atoms with Crippen LogP contribution in [0.3, 0.4) is 0 Å². The highest BCUT2D eigenvalue weighted by atomic mass is 15.0. The second-order valence-corrected chi connectivity index (χ2v) is 5.94. The number of aromatic nitrogens is 1. The molecule has 0 aliphatic heterocycles. The first-order chi connectivity index (χ1) is 9.31. The molecule has 2 N–H and O–H groups in total. The lowest BCUT2D eigenvalue weighted by Crippen LogP contribution is -2.25. The van der Waals surface area contributed by atoms with Gasteiger partial charge in [-0.15, -0.1) is 0 Å². The molecule has 1 fully saturated rings. The Kier molecular flexibility index (Phi) is 3.61. The summed E-state index contributed by atoms with van der Waals surface area (Å²) in [4.78, 5) is 0. The summed E-state index contributed by atoms with van der Waals surface area (Å²) in [7, 11) is 0. The van der Waals surface area contributed by atoms with E-state index in [0.29, 0.717) is 12.0 Å². The molecule has 19 heavy (non-hydrogen) atoms. The van der Waals surface area contributed by atoms with E-state index in [-0.39, 0.29) is 0 Å². The van der Waals surface area contributed by atoms with Crippen molar-refractivity contribution in [3.63, 3.8) is 0 Å². The molecular weight excluding hydrogens is 232 g/mol. The molecule has 102 valence electrons. The summed E-state index contributed by atoms with van der Waals surface area (Å²) in [6.07, 6.45) is 8.95. The molecule has 0 amide bonds. The summed E-state index contributed by atoms with van der Waals surface area (Å²) in [6.45, 7) is 3.03. The second kappa shape index (κ2) is 5.38. The molecule has 2 unspecified atom stereocenters. The topological polar surface area (TPSA) is 30.9 Å². The van der Waals surface area contributed by atoms with E-state index in [2.05, 4.69) is 42.0 Å². The Morgan fingerprint density at radius 1 is 1.16 bits per heavy atom. The van der Waals surface area contributed by atoms with Gasteiger partial charge in [-0.2, -0.15) is 0 Å². The molecule has 1 aliphatic rings. The molecule has 1 heterocycles. The minimum atomic E-state index is 0.589. The molecule has 2 heteroatoms. The van der Waals surface area contributed by atoms with E-state index in [0.717, 1.165) is 6.54 Å². The van der Waals surface area contributed by atoms with Crippen LogP contribution in [0.4, 0.5) is 0 Å². The largest absolute Gasteiger partial charge is 0.344 e. The first-order valence-electron chi connectivity index (χ1n) is 7.57. The van der Waals surface area contributed by atoms with E-state index in [4.69, 9.17) is 5.73 Å². The van der Waals surface area contributed by atoms with Crippen molar-refractivity contribution in [2.45, 2.75) is 45.1 Å². The number of nitrogens with two attached hydrogens (primary N) is 1. The normalized spacial score (nSPS) is 24.5. The van der Waals surface area contributed by atoms with E-state index in [9.17, 15) is 0 Å². The molecule has 0 spiro atoms. The third kappa shape index (κ3) is 2.30. The maximum atomic E-state index is 6.04. The Balaban J connectivity index is 2.06. The van der Waals surface area contributed by atoms with Gasteiger partial charge in [-0.3, -0.25) is 0 Å². The molecule has 1 aliphatic carbocycles. The van der Waals surface area contributed by atoms with Gasteiger partial charge in [-0.05, 0) is 43.9 Å². The summed E-state index contributed by atoms with van der Waals surface area (Å²) in [6, 6.07) is 9.35. The Morgan fingerprint density at radius 2 is 1.95 bits per heavy atom. The smallest absolute Gasteiger partial charge is 0.0485 e. The molecule has 0 radical (unpaired) electrons. The molecule has 1 saturated carbocycles. The van der Waals surface area contributed by atoms with Gasteiger partial charge < -0.3 is 10.3 Å². The van der Waals surface area contributed by atoms with Crippen LogP contribution in [0.2, 0.25) is 0 Å². The average molecular weight is 256 g/mol. The zero-order chi connectivity index (χ0) is 13.2. The first kappa shape index (κ1) is 12.7. The van der Waals surface area contributed by atoms with Crippen molar-refractivity contribution in [1.29, 1.82) is 0 Å². The van der Waals surface area contributed by atoms with Gasteiger partial charge in [-0.1, -0.05) is 37.5 Å². The van der Waals surface area contributed by atoms with Gasteiger partial charge in [0.1, 0.15) is 0 Å². The first-order valence-corrected chi connectivity index (χ1v) is 7.57. The van der Waals surface area contributed by atoms with E-state index in [1.165, 1.54) is 48.6 Å². The zero-order valence-electron chi connectivity index (χ0n) is 11.8. The van der Waals surface area contributed by atoms with Crippen molar-refractivity contribution in [3.05, 3.63) is 36.0 Å². The quantitative estimate of drug-likeness (QED) is 0.808. The highest BCUT2D eigenvalue weighted by Crippen LogP contribution is 2.35. The third-order valence-electron chi connectivity index (χ3n) is 4.72. The number of fused-ring (bicyclic) bond motifs is 1. The van der Waals surface area contributed by atoms with E-state index < -0.39 is 0 Å². The maximum Gasteiger partial charge on any atom is 0.0485 e. The van der Waals surface area contributed by atoms with Gasteiger partial charge >= 0.3 is 0 Å². The summed E-state index contributed by atoms with van der Waals surface area (Å²) in [5.74, 6) is 0.637. The van der Waals surface area contributed by atoms with Crippen LogP contribution in [0.5, 0.6) is 0 Å². The number of rotatable bonds is 2. The number of para-hydroxylation sites is 1. The fourth-order valence-corrected chi connectivity index (χ4v) is 3.66. The van der Waals surface area contributed by atoms with Crippen LogP contribution in [0.25, 0.3) is 10.9 Å². The molecule has 0 saturated heterocycles. The van der Waals surface area contributed by atoms with Gasteiger partial charge in [0.25, 0.3) is 0 Å². The number of nitrogens with zero attached hydrogens (tertiary/aromatic N) is 1. The van der Waals surface area contributed by atoms with Gasteiger partial charge in [0.05, 0.1) is 0 Å². The van der Waals surface area contributed by atoms with Gasteiger partial charge in [0.2, 0.25) is 0 Å².